The number of phenols is 1. The number of rotatable bonds is 4. The van der Waals surface area contributed by atoms with Crippen LogP contribution in [0.1, 0.15) is 44.1 Å². The van der Waals surface area contributed by atoms with E-state index in [1.807, 2.05) is 0 Å². The fraction of sp³-hybridized carbons (Fsp3) is 0.556. The first-order valence-corrected chi connectivity index (χ1v) is 9.49. The van der Waals surface area contributed by atoms with Crippen LogP contribution in [-0.2, 0) is 0 Å². The van der Waals surface area contributed by atoms with Gasteiger partial charge in [0.25, 0.3) is 0 Å². The molecular formula is C18H21ClN4O4. The zero-order chi connectivity index (χ0) is 19.2. The summed E-state index contributed by atoms with van der Waals surface area (Å²) in [5, 5.41) is 27.9. The van der Waals surface area contributed by atoms with Gasteiger partial charge in [0.2, 0.25) is 5.75 Å². The molecule has 4 fully saturated rings. The van der Waals surface area contributed by atoms with Gasteiger partial charge in [0.15, 0.2) is 0 Å². The van der Waals surface area contributed by atoms with Crippen LogP contribution in [0.25, 0.3) is 0 Å². The lowest BCUT2D eigenvalue weighted by Crippen LogP contribution is -2.61. The number of urea groups is 1. The maximum Gasteiger partial charge on any atom is 0.335 e. The van der Waals surface area contributed by atoms with Gasteiger partial charge in [-0.2, -0.15) is 5.10 Å². The van der Waals surface area contributed by atoms with Crippen molar-refractivity contribution in [3.63, 3.8) is 0 Å². The number of carbonyl (C=O) groups is 1. The van der Waals surface area contributed by atoms with Gasteiger partial charge in [-0.25, -0.2) is 10.2 Å². The number of amides is 2. The molecule has 0 unspecified atom stereocenters. The Morgan fingerprint density at radius 2 is 1.85 bits per heavy atom. The number of nitrogens with zero attached hydrogens (tertiary/aromatic N) is 2. The Morgan fingerprint density at radius 1 is 1.26 bits per heavy atom. The highest BCUT2D eigenvalue weighted by molar-refractivity contribution is 6.31. The number of carbonyl (C=O) groups excluding carboxylic acids is 1. The summed E-state index contributed by atoms with van der Waals surface area (Å²) in [4.78, 5) is 22.5. The Balaban J connectivity index is 1.41. The van der Waals surface area contributed by atoms with Gasteiger partial charge in [-0.1, -0.05) is 11.6 Å². The number of nitrogens with one attached hydrogen (secondary N) is 2. The van der Waals surface area contributed by atoms with Crippen LogP contribution in [0.2, 0.25) is 5.02 Å². The molecule has 2 amide bonds. The van der Waals surface area contributed by atoms with Crippen LogP contribution in [0.4, 0.5) is 10.5 Å². The predicted molar refractivity (Wildman–Crippen MR) is 99.9 cm³/mol. The lowest BCUT2D eigenvalue weighted by atomic mass is 9.53. The number of hydrogen-bond acceptors (Lipinski definition) is 5. The lowest BCUT2D eigenvalue weighted by Gasteiger charge is -2.56. The fourth-order valence-corrected chi connectivity index (χ4v) is 5.76. The number of hydrazone groups is 1. The summed E-state index contributed by atoms with van der Waals surface area (Å²) < 4.78 is 0. The van der Waals surface area contributed by atoms with Crippen molar-refractivity contribution in [1.29, 1.82) is 0 Å². The first kappa shape index (κ1) is 18.0. The molecule has 5 rings (SSSR count). The van der Waals surface area contributed by atoms with Crippen molar-refractivity contribution in [3.8, 4) is 5.75 Å². The molecule has 8 nitrogen and oxygen atoms in total. The van der Waals surface area contributed by atoms with E-state index in [1.165, 1.54) is 25.3 Å². The molecule has 4 saturated carbocycles. The molecule has 4 aliphatic carbocycles. The molecule has 0 spiro atoms. The Bertz CT molecular complexity index is 791. The van der Waals surface area contributed by atoms with E-state index in [4.69, 9.17) is 11.6 Å². The van der Waals surface area contributed by atoms with Crippen LogP contribution in [0, 0.1) is 27.9 Å². The Kier molecular flexibility index (Phi) is 4.46. The molecule has 0 atom stereocenters. The van der Waals surface area contributed by atoms with E-state index in [2.05, 4.69) is 15.8 Å². The third-order valence-electron chi connectivity index (χ3n) is 6.07. The minimum atomic E-state index is -0.730. The number of nitro benzene ring substituents is 1. The number of hydrogen-bond donors (Lipinski definition) is 3. The summed E-state index contributed by atoms with van der Waals surface area (Å²) in [6, 6.07) is 2.00. The van der Waals surface area contributed by atoms with Gasteiger partial charge in [-0.15, -0.1) is 0 Å². The summed E-state index contributed by atoms with van der Waals surface area (Å²) in [5.74, 6) is 1.59. The Morgan fingerprint density at radius 3 is 2.41 bits per heavy atom. The summed E-state index contributed by atoms with van der Waals surface area (Å²) in [7, 11) is 0. The van der Waals surface area contributed by atoms with E-state index in [0.29, 0.717) is 17.8 Å². The lowest BCUT2D eigenvalue weighted by molar-refractivity contribution is -0.385. The van der Waals surface area contributed by atoms with Crippen molar-refractivity contribution in [3.05, 3.63) is 32.8 Å². The molecule has 0 saturated heterocycles. The highest BCUT2D eigenvalue weighted by atomic mass is 35.5. The molecule has 144 valence electrons. The molecule has 1 aromatic carbocycles. The van der Waals surface area contributed by atoms with Crippen molar-refractivity contribution < 1.29 is 14.8 Å². The molecule has 27 heavy (non-hydrogen) atoms. The molecule has 1 aromatic rings. The normalized spacial score (nSPS) is 31.2. The average Bonchev–Trinajstić information content (AvgIpc) is 2.55. The van der Waals surface area contributed by atoms with Crippen LogP contribution in [0.5, 0.6) is 5.75 Å². The smallest absolute Gasteiger partial charge is 0.335 e. The van der Waals surface area contributed by atoms with Gasteiger partial charge in [-0.3, -0.25) is 10.1 Å². The summed E-state index contributed by atoms with van der Waals surface area (Å²) >= 11 is 5.83. The van der Waals surface area contributed by atoms with Gasteiger partial charge >= 0.3 is 11.7 Å². The molecule has 4 aliphatic rings. The Labute approximate surface area is 161 Å². The summed E-state index contributed by atoms with van der Waals surface area (Å²) in [6.45, 7) is 0. The standard InChI is InChI=1S/C18H21ClN4O4/c19-14-4-13(16(24)15(5-14)23(26)27)9-20-22-17(25)21-18-6-10-1-11(7-18)3-12(2-10)8-18/h4-5,9-12,24H,1-3,6-8H2,(H2,21,22,25). The van der Waals surface area contributed by atoms with Gasteiger partial charge < -0.3 is 10.4 Å². The molecule has 0 aliphatic heterocycles. The molecule has 0 heterocycles. The largest absolute Gasteiger partial charge is 0.502 e. The summed E-state index contributed by atoms with van der Waals surface area (Å²) in [5.41, 5.74) is 1.81. The second-order valence-corrected chi connectivity index (χ2v) is 8.58. The highest BCUT2D eigenvalue weighted by Crippen LogP contribution is 2.55. The molecule has 9 heteroatoms. The van der Waals surface area contributed by atoms with Crippen molar-refractivity contribution in [1.82, 2.24) is 10.7 Å². The third-order valence-corrected chi connectivity index (χ3v) is 6.29. The zero-order valence-electron chi connectivity index (χ0n) is 14.7. The van der Waals surface area contributed by atoms with Gasteiger partial charge in [0.05, 0.1) is 11.1 Å². The molecule has 0 radical (unpaired) electrons. The maximum absolute atomic E-state index is 12.3. The number of halogens is 1. The first-order chi connectivity index (χ1) is 12.8. The predicted octanol–water partition coefficient (Wildman–Crippen LogP) is 3.56. The van der Waals surface area contributed by atoms with Crippen LogP contribution in [-0.4, -0.2) is 27.8 Å². The van der Waals surface area contributed by atoms with Crippen molar-refractivity contribution in [2.75, 3.05) is 0 Å². The van der Waals surface area contributed by atoms with Gasteiger partial charge in [0.1, 0.15) is 0 Å². The van der Waals surface area contributed by atoms with E-state index >= 15 is 0 Å². The van der Waals surface area contributed by atoms with Crippen molar-refractivity contribution in [2.45, 2.75) is 44.1 Å². The minimum absolute atomic E-state index is 0.0595. The fourth-order valence-electron chi connectivity index (χ4n) is 5.54. The molecular weight excluding hydrogens is 372 g/mol. The molecule has 4 bridgehead atoms. The third kappa shape index (κ3) is 3.58. The van der Waals surface area contributed by atoms with Crippen LogP contribution in [0.3, 0.4) is 0 Å². The van der Waals surface area contributed by atoms with Gasteiger partial charge in [0, 0.05) is 22.2 Å². The second-order valence-electron chi connectivity index (χ2n) is 8.14. The van der Waals surface area contributed by atoms with Crippen LogP contribution in [0.15, 0.2) is 17.2 Å². The average molecular weight is 393 g/mol. The minimum Gasteiger partial charge on any atom is -0.502 e. The summed E-state index contributed by atoms with van der Waals surface area (Å²) in [6.07, 6.45) is 8.08. The highest BCUT2D eigenvalue weighted by Gasteiger charge is 2.51. The molecule has 0 aromatic heterocycles. The zero-order valence-corrected chi connectivity index (χ0v) is 15.4. The molecule has 3 N–H and O–H groups in total. The van der Waals surface area contributed by atoms with E-state index < -0.39 is 22.4 Å². The van der Waals surface area contributed by atoms with E-state index in [-0.39, 0.29) is 16.1 Å². The van der Waals surface area contributed by atoms with Crippen molar-refractivity contribution in [2.24, 2.45) is 22.9 Å². The first-order valence-electron chi connectivity index (χ1n) is 9.12. The van der Waals surface area contributed by atoms with Crippen LogP contribution < -0.4 is 10.7 Å². The topological polar surface area (TPSA) is 117 Å². The maximum atomic E-state index is 12.3. The monoisotopic (exact) mass is 392 g/mol. The SMILES string of the molecule is O=C(NN=Cc1cc(Cl)cc([N+](=O)[O-])c1O)NC12CC3CC(CC(C3)C1)C2. The number of benzene rings is 1. The number of nitro groups is 1. The van der Waals surface area contributed by atoms with Gasteiger partial charge in [-0.05, 0) is 62.3 Å². The Hall–Kier alpha value is -2.35. The van der Waals surface area contributed by atoms with Crippen molar-refractivity contribution >= 4 is 29.5 Å². The van der Waals surface area contributed by atoms with E-state index in [0.717, 1.165) is 31.5 Å². The number of aromatic hydroxyl groups is 1. The quantitative estimate of drug-likeness (QED) is 0.412. The second kappa shape index (κ2) is 6.67. The van der Waals surface area contributed by atoms with E-state index in [1.54, 1.807) is 0 Å². The van der Waals surface area contributed by atoms with Crippen LogP contribution >= 0.6 is 11.6 Å². The number of phenolic OH excluding ortho intramolecular Hbond substituents is 1. The van der Waals surface area contributed by atoms with E-state index in [9.17, 15) is 20.0 Å².